The summed E-state index contributed by atoms with van der Waals surface area (Å²) in [5.41, 5.74) is 8.54. The normalized spacial score (nSPS) is 10.3. The molecule has 0 aliphatic carbocycles. The van der Waals surface area contributed by atoms with Gasteiger partial charge in [0.05, 0.1) is 0 Å². The van der Waals surface area contributed by atoms with Crippen LogP contribution in [0.15, 0.2) is 12.1 Å². The molecule has 0 saturated carbocycles. The van der Waals surface area contributed by atoms with Crippen molar-refractivity contribution >= 4 is 28.3 Å². The largest absolute Gasteiger partial charge is 0.508 e. The van der Waals surface area contributed by atoms with Gasteiger partial charge in [-0.2, -0.15) is 0 Å². The number of hydrogen-bond donors (Lipinski definition) is 2. The number of aromatic hydroxyl groups is 1. The highest BCUT2D eigenvalue weighted by atomic mass is 127. The lowest BCUT2D eigenvalue weighted by molar-refractivity contribution is 0.471. The second-order valence-electron chi connectivity index (χ2n) is 3.08. The van der Waals surface area contributed by atoms with Crippen LogP contribution < -0.4 is 5.73 Å². The Labute approximate surface area is 92.3 Å². The third-order valence-corrected chi connectivity index (χ3v) is 2.92. The second kappa shape index (κ2) is 4.69. The number of rotatable bonds is 3. The number of anilines is 1. The van der Waals surface area contributed by atoms with Gasteiger partial charge in [0.1, 0.15) is 5.75 Å². The van der Waals surface area contributed by atoms with Crippen molar-refractivity contribution in [2.24, 2.45) is 0 Å². The summed E-state index contributed by atoms with van der Waals surface area (Å²) in [4.78, 5) is 0. The van der Waals surface area contributed by atoms with E-state index in [9.17, 15) is 5.11 Å². The van der Waals surface area contributed by atoms with Crippen LogP contribution in [-0.2, 0) is 6.42 Å². The van der Waals surface area contributed by atoms with Crippen LogP contribution in [0.2, 0.25) is 0 Å². The average molecular weight is 291 g/mol. The molecule has 0 heterocycles. The van der Waals surface area contributed by atoms with Crippen LogP contribution in [0.4, 0.5) is 5.69 Å². The molecule has 3 N–H and O–H groups in total. The molecule has 1 aromatic carbocycles. The Hall–Kier alpha value is -0.450. The molecule has 0 radical (unpaired) electrons. The summed E-state index contributed by atoms with van der Waals surface area (Å²) in [5.74, 6) is 0.288. The van der Waals surface area contributed by atoms with E-state index in [4.69, 9.17) is 5.73 Å². The van der Waals surface area contributed by atoms with Gasteiger partial charge in [-0.25, -0.2) is 0 Å². The number of phenols is 1. The quantitative estimate of drug-likeness (QED) is 0.511. The highest BCUT2D eigenvalue weighted by molar-refractivity contribution is 14.1. The molecule has 0 atom stereocenters. The van der Waals surface area contributed by atoms with Gasteiger partial charge in [0.25, 0.3) is 0 Å². The Balaban J connectivity index is 2.90. The molecule has 0 amide bonds. The molecule has 0 fully saturated rings. The summed E-state index contributed by atoms with van der Waals surface area (Å²) < 4.78 is 1.14. The van der Waals surface area contributed by atoms with Crippen LogP contribution in [0.5, 0.6) is 5.75 Å². The molecule has 0 aromatic heterocycles. The van der Waals surface area contributed by atoms with Gasteiger partial charge in [0, 0.05) is 11.3 Å². The molecular formula is C10H14INO. The summed E-state index contributed by atoms with van der Waals surface area (Å²) in [7, 11) is 0. The summed E-state index contributed by atoms with van der Waals surface area (Å²) in [6, 6.07) is 3.62. The number of hydrogen-bond acceptors (Lipinski definition) is 2. The maximum Gasteiger partial charge on any atom is 0.120 e. The maximum absolute atomic E-state index is 9.37. The van der Waals surface area contributed by atoms with Gasteiger partial charge in [-0.3, -0.25) is 0 Å². The fourth-order valence-electron chi connectivity index (χ4n) is 1.25. The van der Waals surface area contributed by atoms with Gasteiger partial charge in [0.2, 0.25) is 0 Å². The van der Waals surface area contributed by atoms with E-state index in [1.807, 2.05) is 13.0 Å². The van der Waals surface area contributed by atoms with Crippen LogP contribution in [0.1, 0.15) is 17.5 Å². The Morgan fingerprint density at radius 2 is 2.15 bits per heavy atom. The minimum atomic E-state index is 0.288. The Morgan fingerprint density at radius 1 is 1.46 bits per heavy atom. The van der Waals surface area contributed by atoms with E-state index in [-0.39, 0.29) is 5.75 Å². The lowest BCUT2D eigenvalue weighted by Gasteiger charge is -2.08. The van der Waals surface area contributed by atoms with Crippen molar-refractivity contribution in [3.63, 3.8) is 0 Å². The van der Waals surface area contributed by atoms with Crippen LogP contribution in [0, 0.1) is 6.92 Å². The van der Waals surface area contributed by atoms with Crippen LogP contribution >= 0.6 is 22.6 Å². The van der Waals surface area contributed by atoms with E-state index >= 15 is 0 Å². The fourth-order valence-corrected chi connectivity index (χ4v) is 1.63. The van der Waals surface area contributed by atoms with E-state index in [0.717, 1.165) is 34.1 Å². The number of alkyl halides is 1. The minimum absolute atomic E-state index is 0.288. The van der Waals surface area contributed by atoms with Gasteiger partial charge in [-0.1, -0.05) is 28.7 Å². The number of benzene rings is 1. The van der Waals surface area contributed by atoms with Crippen molar-refractivity contribution in [2.75, 3.05) is 10.2 Å². The molecule has 0 bridgehead atoms. The fraction of sp³-hybridized carbons (Fsp3) is 0.400. The number of nitrogens with two attached hydrogens (primary N) is 1. The third-order valence-electron chi connectivity index (χ3n) is 2.16. The molecule has 1 aromatic rings. The predicted molar refractivity (Wildman–Crippen MR) is 64.5 cm³/mol. The maximum atomic E-state index is 9.37. The number of nitrogen functional groups attached to an aromatic ring is 1. The second-order valence-corrected chi connectivity index (χ2v) is 4.15. The molecule has 1 rings (SSSR count). The summed E-state index contributed by atoms with van der Waals surface area (Å²) in [5, 5.41) is 9.37. The van der Waals surface area contributed by atoms with Crippen molar-refractivity contribution in [2.45, 2.75) is 19.8 Å². The van der Waals surface area contributed by atoms with E-state index in [2.05, 4.69) is 22.6 Å². The first-order valence-corrected chi connectivity index (χ1v) is 5.82. The summed E-state index contributed by atoms with van der Waals surface area (Å²) in [6.07, 6.45) is 2.13. The molecular weight excluding hydrogens is 277 g/mol. The van der Waals surface area contributed by atoms with Crippen LogP contribution in [0.25, 0.3) is 0 Å². The van der Waals surface area contributed by atoms with Gasteiger partial charge in [0.15, 0.2) is 0 Å². The van der Waals surface area contributed by atoms with Crippen LogP contribution in [-0.4, -0.2) is 9.53 Å². The topological polar surface area (TPSA) is 46.2 Å². The zero-order chi connectivity index (χ0) is 9.84. The molecule has 2 nitrogen and oxygen atoms in total. The summed E-state index contributed by atoms with van der Waals surface area (Å²) in [6.45, 7) is 1.85. The average Bonchev–Trinajstić information content (AvgIpc) is 2.13. The molecule has 0 aliphatic rings. The molecule has 0 aliphatic heterocycles. The smallest absolute Gasteiger partial charge is 0.120 e. The van der Waals surface area contributed by atoms with Gasteiger partial charge >= 0.3 is 0 Å². The standard InChI is InChI=1S/C10H14INO/c1-7-9(13)5-4-8(10(7)12)3-2-6-11/h4-5,13H,2-3,6,12H2,1H3. The van der Waals surface area contributed by atoms with Crippen molar-refractivity contribution in [3.8, 4) is 5.75 Å². The Bertz CT molecular complexity index is 299. The van der Waals surface area contributed by atoms with Gasteiger partial charge in [-0.05, 0) is 35.8 Å². The number of phenolic OH excluding ortho intramolecular Hbond substituents is 1. The molecule has 0 saturated heterocycles. The first-order chi connectivity index (χ1) is 6.16. The Kier molecular flexibility index (Phi) is 3.84. The van der Waals surface area contributed by atoms with E-state index in [0.29, 0.717) is 0 Å². The Morgan fingerprint density at radius 3 is 2.77 bits per heavy atom. The van der Waals surface area contributed by atoms with Crippen molar-refractivity contribution in [1.29, 1.82) is 0 Å². The number of aryl methyl sites for hydroxylation is 1. The third kappa shape index (κ3) is 2.49. The molecule has 0 spiro atoms. The molecule has 13 heavy (non-hydrogen) atoms. The van der Waals surface area contributed by atoms with Gasteiger partial charge < -0.3 is 10.8 Å². The molecule has 72 valence electrons. The van der Waals surface area contributed by atoms with Crippen molar-refractivity contribution < 1.29 is 5.11 Å². The zero-order valence-electron chi connectivity index (χ0n) is 7.68. The van der Waals surface area contributed by atoms with Gasteiger partial charge in [-0.15, -0.1) is 0 Å². The molecule has 3 heteroatoms. The first-order valence-electron chi connectivity index (χ1n) is 4.29. The van der Waals surface area contributed by atoms with Crippen molar-refractivity contribution in [1.82, 2.24) is 0 Å². The van der Waals surface area contributed by atoms with Crippen molar-refractivity contribution in [3.05, 3.63) is 23.3 Å². The monoisotopic (exact) mass is 291 g/mol. The lowest BCUT2D eigenvalue weighted by Crippen LogP contribution is -1.97. The number of halogens is 1. The lowest BCUT2D eigenvalue weighted by atomic mass is 10.0. The minimum Gasteiger partial charge on any atom is -0.508 e. The highest BCUT2D eigenvalue weighted by Crippen LogP contribution is 2.26. The molecule has 0 unspecified atom stereocenters. The SMILES string of the molecule is Cc1c(O)ccc(CCCI)c1N. The zero-order valence-corrected chi connectivity index (χ0v) is 9.84. The van der Waals surface area contributed by atoms with E-state index < -0.39 is 0 Å². The highest BCUT2D eigenvalue weighted by Gasteiger charge is 2.05. The van der Waals surface area contributed by atoms with Crippen LogP contribution in [0.3, 0.4) is 0 Å². The van der Waals surface area contributed by atoms with E-state index in [1.165, 1.54) is 0 Å². The summed E-state index contributed by atoms with van der Waals surface area (Å²) >= 11 is 2.35. The van der Waals surface area contributed by atoms with E-state index in [1.54, 1.807) is 6.07 Å². The predicted octanol–water partition coefficient (Wildman–Crippen LogP) is 2.65. The first kappa shape index (κ1) is 10.6.